The molecule has 4 rings (SSSR count). The summed E-state index contributed by atoms with van der Waals surface area (Å²) >= 11 is 0. The van der Waals surface area contributed by atoms with Crippen molar-refractivity contribution in [2.45, 2.75) is 18.9 Å². The van der Waals surface area contributed by atoms with Gasteiger partial charge < -0.3 is 20.7 Å². The first kappa shape index (κ1) is 16.9. The zero-order chi connectivity index (χ0) is 17.9. The minimum Gasteiger partial charge on any atom is -0.497 e. The average molecular weight is 351 g/mol. The first-order chi connectivity index (χ1) is 12.7. The van der Waals surface area contributed by atoms with Crippen LogP contribution in [0.3, 0.4) is 0 Å². The van der Waals surface area contributed by atoms with E-state index in [1.165, 1.54) is 5.56 Å². The van der Waals surface area contributed by atoms with E-state index in [-0.39, 0.29) is 5.91 Å². The predicted molar refractivity (Wildman–Crippen MR) is 103 cm³/mol. The van der Waals surface area contributed by atoms with Gasteiger partial charge in [0, 0.05) is 30.9 Å². The summed E-state index contributed by atoms with van der Waals surface area (Å²) in [6.07, 6.45) is 1.13. The van der Waals surface area contributed by atoms with Crippen molar-refractivity contribution in [1.82, 2.24) is 10.6 Å². The van der Waals surface area contributed by atoms with Crippen LogP contribution in [0.15, 0.2) is 42.5 Å². The highest BCUT2D eigenvalue weighted by Crippen LogP contribution is 2.32. The molecule has 5 nitrogen and oxygen atoms in total. The van der Waals surface area contributed by atoms with E-state index in [4.69, 9.17) is 4.74 Å². The summed E-state index contributed by atoms with van der Waals surface area (Å²) in [4.78, 5) is 11.9. The second kappa shape index (κ2) is 7.38. The van der Waals surface area contributed by atoms with Crippen molar-refractivity contribution in [3.05, 3.63) is 59.2 Å². The van der Waals surface area contributed by atoms with Crippen molar-refractivity contribution in [1.29, 1.82) is 0 Å². The molecule has 0 radical (unpaired) electrons. The summed E-state index contributed by atoms with van der Waals surface area (Å²) < 4.78 is 5.28. The lowest BCUT2D eigenvalue weighted by atomic mass is 9.81. The minimum atomic E-state index is 0.0269. The van der Waals surface area contributed by atoms with Gasteiger partial charge in [0.05, 0.1) is 7.11 Å². The first-order valence-electron chi connectivity index (χ1n) is 9.24. The van der Waals surface area contributed by atoms with E-state index in [9.17, 15) is 4.79 Å². The molecule has 0 spiro atoms. The number of amides is 1. The molecular formula is C21H25N3O2. The Morgan fingerprint density at radius 3 is 2.85 bits per heavy atom. The number of rotatable bonds is 5. The van der Waals surface area contributed by atoms with Gasteiger partial charge >= 0.3 is 0 Å². The SMILES string of the molecule is COc1ccc([C@@H]2CCNC[C@H]2CNc2ccc3c(c2)C(=O)NC3)cc1. The maximum Gasteiger partial charge on any atom is 0.251 e. The topological polar surface area (TPSA) is 62.4 Å². The molecule has 136 valence electrons. The number of carbonyl (C=O) groups is 1. The summed E-state index contributed by atoms with van der Waals surface area (Å²) in [6.45, 7) is 3.56. The van der Waals surface area contributed by atoms with Gasteiger partial charge in [-0.3, -0.25) is 4.79 Å². The highest BCUT2D eigenvalue weighted by Gasteiger charge is 2.26. The van der Waals surface area contributed by atoms with Gasteiger partial charge in [-0.2, -0.15) is 0 Å². The number of carbonyl (C=O) groups excluding carboxylic acids is 1. The Kier molecular flexibility index (Phi) is 4.80. The largest absolute Gasteiger partial charge is 0.497 e. The lowest BCUT2D eigenvalue weighted by Gasteiger charge is -2.33. The van der Waals surface area contributed by atoms with E-state index < -0.39 is 0 Å². The molecule has 0 unspecified atom stereocenters. The van der Waals surface area contributed by atoms with Crippen molar-refractivity contribution in [2.75, 3.05) is 32.1 Å². The van der Waals surface area contributed by atoms with Crippen LogP contribution in [0.5, 0.6) is 5.75 Å². The first-order valence-corrected chi connectivity index (χ1v) is 9.24. The van der Waals surface area contributed by atoms with E-state index in [1.807, 2.05) is 24.3 Å². The van der Waals surface area contributed by atoms with E-state index in [0.717, 1.165) is 48.6 Å². The van der Waals surface area contributed by atoms with Gasteiger partial charge in [0.25, 0.3) is 5.91 Å². The number of hydrogen-bond acceptors (Lipinski definition) is 4. The molecule has 0 saturated carbocycles. The van der Waals surface area contributed by atoms with E-state index in [0.29, 0.717) is 18.4 Å². The van der Waals surface area contributed by atoms with Crippen molar-refractivity contribution in [3.63, 3.8) is 0 Å². The summed E-state index contributed by atoms with van der Waals surface area (Å²) in [5.41, 5.74) is 4.26. The Morgan fingerprint density at radius 1 is 1.19 bits per heavy atom. The number of ether oxygens (including phenoxy) is 1. The fourth-order valence-corrected chi connectivity index (χ4v) is 4.00. The quantitative estimate of drug-likeness (QED) is 0.775. The molecule has 0 aliphatic carbocycles. The Hall–Kier alpha value is -2.53. The molecule has 26 heavy (non-hydrogen) atoms. The van der Waals surface area contributed by atoms with Crippen molar-refractivity contribution >= 4 is 11.6 Å². The van der Waals surface area contributed by atoms with Gasteiger partial charge in [-0.15, -0.1) is 0 Å². The Bertz CT molecular complexity index is 788. The summed E-state index contributed by atoms with van der Waals surface area (Å²) in [5.74, 6) is 1.94. The van der Waals surface area contributed by atoms with Crippen LogP contribution in [-0.4, -0.2) is 32.7 Å². The third-order valence-corrected chi connectivity index (χ3v) is 5.51. The average Bonchev–Trinajstić information content (AvgIpc) is 3.07. The standard InChI is InChI=1S/C21H25N3O2/c1-26-18-6-3-14(4-7-18)19-8-9-22-11-16(19)13-23-17-5-2-15-12-24-21(25)20(15)10-17/h2-7,10,16,19,22-23H,8-9,11-13H2,1H3,(H,24,25)/t16-,19-/m0/s1. The number of piperidine rings is 1. The molecule has 2 atom stereocenters. The maximum absolute atomic E-state index is 11.9. The summed E-state index contributed by atoms with van der Waals surface area (Å²) in [6, 6.07) is 14.5. The molecule has 2 aliphatic heterocycles. The predicted octanol–water partition coefficient (Wildman–Crippen LogP) is 2.74. The van der Waals surface area contributed by atoms with Gasteiger partial charge in [-0.05, 0) is 60.2 Å². The third kappa shape index (κ3) is 3.40. The van der Waals surface area contributed by atoms with Crippen LogP contribution < -0.4 is 20.7 Å². The molecule has 2 aromatic carbocycles. The van der Waals surface area contributed by atoms with E-state index in [1.54, 1.807) is 7.11 Å². The lowest BCUT2D eigenvalue weighted by Crippen LogP contribution is -2.39. The number of methoxy groups -OCH3 is 1. The Balaban J connectivity index is 1.45. The fraction of sp³-hybridized carbons (Fsp3) is 0.381. The Morgan fingerprint density at radius 2 is 2.04 bits per heavy atom. The smallest absolute Gasteiger partial charge is 0.251 e. The van der Waals surface area contributed by atoms with Gasteiger partial charge in [0.2, 0.25) is 0 Å². The molecule has 0 bridgehead atoms. The van der Waals surface area contributed by atoms with Crippen molar-refractivity contribution < 1.29 is 9.53 Å². The van der Waals surface area contributed by atoms with E-state index >= 15 is 0 Å². The number of benzene rings is 2. The van der Waals surface area contributed by atoms with Crippen molar-refractivity contribution in [3.8, 4) is 5.75 Å². The molecule has 2 heterocycles. The number of anilines is 1. The molecule has 0 aromatic heterocycles. The van der Waals surface area contributed by atoms with Crippen LogP contribution in [0, 0.1) is 5.92 Å². The summed E-state index contributed by atoms with van der Waals surface area (Å²) in [5, 5.41) is 9.92. The zero-order valence-corrected chi connectivity index (χ0v) is 15.0. The molecule has 2 aromatic rings. The van der Waals surface area contributed by atoms with E-state index in [2.05, 4.69) is 34.1 Å². The minimum absolute atomic E-state index is 0.0269. The maximum atomic E-state index is 11.9. The molecule has 3 N–H and O–H groups in total. The monoisotopic (exact) mass is 351 g/mol. The van der Waals surface area contributed by atoms with Gasteiger partial charge in [0.15, 0.2) is 0 Å². The number of hydrogen-bond donors (Lipinski definition) is 3. The molecule has 1 amide bonds. The van der Waals surface area contributed by atoms with Crippen molar-refractivity contribution in [2.24, 2.45) is 5.92 Å². The highest BCUT2D eigenvalue weighted by molar-refractivity contribution is 5.99. The molecule has 5 heteroatoms. The van der Waals surface area contributed by atoms with Gasteiger partial charge in [-0.25, -0.2) is 0 Å². The fourth-order valence-electron chi connectivity index (χ4n) is 4.00. The zero-order valence-electron chi connectivity index (χ0n) is 15.0. The van der Waals surface area contributed by atoms with Crippen LogP contribution >= 0.6 is 0 Å². The van der Waals surface area contributed by atoms with Crippen LogP contribution in [0.2, 0.25) is 0 Å². The van der Waals surface area contributed by atoms with Crippen LogP contribution in [0.1, 0.15) is 33.8 Å². The van der Waals surface area contributed by atoms with Crippen LogP contribution in [-0.2, 0) is 6.54 Å². The second-order valence-electron chi connectivity index (χ2n) is 7.07. The lowest BCUT2D eigenvalue weighted by molar-refractivity contribution is 0.0966. The van der Waals surface area contributed by atoms with Crippen LogP contribution in [0.4, 0.5) is 5.69 Å². The van der Waals surface area contributed by atoms with Crippen LogP contribution in [0.25, 0.3) is 0 Å². The molecule has 2 aliphatic rings. The third-order valence-electron chi connectivity index (χ3n) is 5.51. The molecule has 1 saturated heterocycles. The van der Waals surface area contributed by atoms with Gasteiger partial charge in [-0.1, -0.05) is 18.2 Å². The normalized spacial score (nSPS) is 21.8. The second-order valence-corrected chi connectivity index (χ2v) is 7.07. The molecular weight excluding hydrogens is 326 g/mol. The number of fused-ring (bicyclic) bond motifs is 1. The van der Waals surface area contributed by atoms with Gasteiger partial charge in [0.1, 0.15) is 5.75 Å². The number of nitrogens with one attached hydrogen (secondary N) is 3. The summed E-state index contributed by atoms with van der Waals surface area (Å²) in [7, 11) is 1.70. The Labute approximate surface area is 154 Å². The highest BCUT2D eigenvalue weighted by atomic mass is 16.5. The molecule has 1 fully saturated rings.